The molecule has 0 fully saturated rings. The van der Waals surface area contributed by atoms with Gasteiger partial charge in [-0.1, -0.05) is 32.9 Å². The highest BCUT2D eigenvalue weighted by Gasteiger charge is 2.23. The van der Waals surface area contributed by atoms with E-state index in [0.29, 0.717) is 12.3 Å². The second kappa shape index (κ2) is 5.45. The Morgan fingerprint density at radius 3 is 2.84 bits per heavy atom. The van der Waals surface area contributed by atoms with Crippen LogP contribution in [0.15, 0.2) is 18.2 Å². The molecule has 0 unspecified atom stereocenters. The topological polar surface area (TPSA) is 46.3 Å². The van der Waals surface area contributed by atoms with E-state index in [-0.39, 0.29) is 10.7 Å². The highest BCUT2D eigenvalue weighted by atomic mass is 32.2. The van der Waals surface area contributed by atoms with Gasteiger partial charge in [0.05, 0.1) is 5.75 Å². The van der Waals surface area contributed by atoms with Crippen molar-refractivity contribution in [2.45, 2.75) is 38.5 Å². The van der Waals surface area contributed by atoms with E-state index in [0.717, 1.165) is 24.2 Å². The van der Waals surface area contributed by atoms with Gasteiger partial charge in [0.15, 0.2) is 0 Å². The SMILES string of the molecule is CC(C)(C)SCC(=O)N1CCc2cccc(N)c2C1. The van der Waals surface area contributed by atoms with Gasteiger partial charge in [-0.05, 0) is 23.6 Å². The minimum Gasteiger partial charge on any atom is -0.398 e. The van der Waals surface area contributed by atoms with Crippen LogP contribution in [0.2, 0.25) is 0 Å². The molecule has 3 nitrogen and oxygen atoms in total. The highest BCUT2D eigenvalue weighted by Crippen LogP contribution is 2.27. The lowest BCUT2D eigenvalue weighted by Gasteiger charge is -2.30. The number of nitrogen functional groups attached to an aromatic ring is 1. The van der Waals surface area contributed by atoms with E-state index < -0.39 is 0 Å². The van der Waals surface area contributed by atoms with Crippen LogP contribution in [-0.2, 0) is 17.8 Å². The van der Waals surface area contributed by atoms with Gasteiger partial charge in [-0.25, -0.2) is 0 Å². The Bertz CT molecular complexity index is 480. The van der Waals surface area contributed by atoms with E-state index in [1.54, 1.807) is 11.8 Å². The number of fused-ring (bicyclic) bond motifs is 1. The van der Waals surface area contributed by atoms with E-state index in [9.17, 15) is 4.79 Å². The lowest BCUT2D eigenvalue weighted by molar-refractivity contribution is -0.129. The van der Waals surface area contributed by atoms with Crippen molar-refractivity contribution in [2.24, 2.45) is 0 Å². The van der Waals surface area contributed by atoms with Gasteiger partial charge in [0.2, 0.25) is 5.91 Å². The van der Waals surface area contributed by atoms with Crippen LogP contribution in [0, 0.1) is 0 Å². The summed E-state index contributed by atoms with van der Waals surface area (Å²) in [4.78, 5) is 14.2. The highest BCUT2D eigenvalue weighted by molar-refractivity contribution is 8.01. The Kier molecular flexibility index (Phi) is 4.09. The minimum absolute atomic E-state index is 0.127. The number of carbonyl (C=O) groups excluding carboxylic acids is 1. The first-order valence-electron chi connectivity index (χ1n) is 6.65. The lowest BCUT2D eigenvalue weighted by Crippen LogP contribution is -2.38. The number of amides is 1. The van der Waals surface area contributed by atoms with Crippen LogP contribution in [0.25, 0.3) is 0 Å². The first-order chi connectivity index (χ1) is 8.87. The Morgan fingerprint density at radius 2 is 2.16 bits per heavy atom. The van der Waals surface area contributed by atoms with Crippen LogP contribution >= 0.6 is 11.8 Å². The van der Waals surface area contributed by atoms with Crippen LogP contribution in [-0.4, -0.2) is 27.9 Å². The second-order valence-electron chi connectivity index (χ2n) is 5.95. The fourth-order valence-corrected chi connectivity index (χ4v) is 2.93. The summed E-state index contributed by atoms with van der Waals surface area (Å²) in [7, 11) is 0. The van der Waals surface area contributed by atoms with Crippen LogP contribution in [0.3, 0.4) is 0 Å². The van der Waals surface area contributed by atoms with Crippen molar-refractivity contribution >= 4 is 23.4 Å². The maximum atomic E-state index is 12.2. The average molecular weight is 278 g/mol. The van der Waals surface area contributed by atoms with E-state index in [1.807, 2.05) is 17.0 Å². The van der Waals surface area contributed by atoms with Gasteiger partial charge in [0.25, 0.3) is 0 Å². The quantitative estimate of drug-likeness (QED) is 0.846. The van der Waals surface area contributed by atoms with Gasteiger partial charge in [-0.2, -0.15) is 0 Å². The molecule has 1 aromatic carbocycles. The summed E-state index contributed by atoms with van der Waals surface area (Å²) in [5, 5.41) is 0. The predicted octanol–water partition coefficient (Wildman–Crippen LogP) is 2.69. The Morgan fingerprint density at radius 1 is 1.42 bits per heavy atom. The van der Waals surface area contributed by atoms with Gasteiger partial charge in [-0.3, -0.25) is 4.79 Å². The summed E-state index contributed by atoms with van der Waals surface area (Å²) in [6.45, 7) is 7.86. The molecule has 0 saturated heterocycles. The Hall–Kier alpha value is -1.16. The zero-order valence-corrected chi connectivity index (χ0v) is 12.7. The molecule has 2 N–H and O–H groups in total. The molecule has 1 aliphatic rings. The van der Waals surface area contributed by atoms with Crippen LogP contribution in [0.4, 0.5) is 5.69 Å². The molecule has 19 heavy (non-hydrogen) atoms. The van der Waals surface area contributed by atoms with E-state index in [4.69, 9.17) is 5.73 Å². The third-order valence-electron chi connectivity index (χ3n) is 3.29. The molecule has 0 aliphatic carbocycles. The predicted molar refractivity (Wildman–Crippen MR) is 82.2 cm³/mol. The number of hydrogen-bond acceptors (Lipinski definition) is 3. The number of anilines is 1. The number of thioether (sulfide) groups is 1. The smallest absolute Gasteiger partial charge is 0.232 e. The number of hydrogen-bond donors (Lipinski definition) is 1. The molecule has 4 heteroatoms. The summed E-state index contributed by atoms with van der Waals surface area (Å²) >= 11 is 1.70. The summed E-state index contributed by atoms with van der Waals surface area (Å²) in [5.74, 6) is 0.764. The van der Waals surface area contributed by atoms with Crippen LogP contribution in [0.5, 0.6) is 0 Å². The molecule has 1 aromatic rings. The summed E-state index contributed by atoms with van der Waals surface area (Å²) < 4.78 is 0.127. The summed E-state index contributed by atoms with van der Waals surface area (Å²) in [5.41, 5.74) is 9.22. The third-order valence-corrected chi connectivity index (χ3v) is 4.55. The fraction of sp³-hybridized carbons (Fsp3) is 0.533. The number of rotatable bonds is 2. The summed E-state index contributed by atoms with van der Waals surface area (Å²) in [6, 6.07) is 6.01. The monoisotopic (exact) mass is 278 g/mol. The molecule has 1 amide bonds. The Labute approximate surface area is 119 Å². The van der Waals surface area contributed by atoms with Crippen molar-refractivity contribution in [1.82, 2.24) is 4.90 Å². The van der Waals surface area contributed by atoms with Gasteiger partial charge in [0.1, 0.15) is 0 Å². The van der Waals surface area contributed by atoms with E-state index in [1.165, 1.54) is 5.56 Å². The number of carbonyl (C=O) groups is 1. The van der Waals surface area contributed by atoms with Crippen molar-refractivity contribution < 1.29 is 4.79 Å². The summed E-state index contributed by atoms with van der Waals surface area (Å²) in [6.07, 6.45) is 0.909. The zero-order valence-electron chi connectivity index (χ0n) is 11.9. The standard InChI is InChI=1S/C15H22N2OS/c1-15(2,3)19-10-14(18)17-8-7-11-5-4-6-13(16)12(11)9-17/h4-6H,7-10,16H2,1-3H3. The molecule has 0 radical (unpaired) electrons. The first kappa shape index (κ1) is 14.3. The van der Waals surface area contributed by atoms with Gasteiger partial charge in [0, 0.05) is 23.5 Å². The van der Waals surface area contributed by atoms with Crippen molar-refractivity contribution in [2.75, 3.05) is 18.0 Å². The molecule has 1 aliphatic heterocycles. The molecule has 0 bridgehead atoms. The van der Waals surface area contributed by atoms with Gasteiger partial charge >= 0.3 is 0 Å². The molecule has 0 atom stereocenters. The molecule has 0 saturated carbocycles. The number of nitrogens with zero attached hydrogens (tertiary/aromatic N) is 1. The van der Waals surface area contributed by atoms with Gasteiger partial charge in [-0.15, -0.1) is 11.8 Å². The molecule has 0 aromatic heterocycles. The third kappa shape index (κ3) is 3.66. The molecule has 0 spiro atoms. The minimum atomic E-state index is 0.127. The second-order valence-corrected chi connectivity index (χ2v) is 7.75. The lowest BCUT2D eigenvalue weighted by atomic mass is 9.98. The molecule has 1 heterocycles. The normalized spacial score (nSPS) is 15.2. The molecule has 2 rings (SSSR count). The average Bonchev–Trinajstić information content (AvgIpc) is 2.35. The first-order valence-corrected chi connectivity index (χ1v) is 7.63. The van der Waals surface area contributed by atoms with Crippen molar-refractivity contribution in [1.29, 1.82) is 0 Å². The number of nitrogens with two attached hydrogens (primary N) is 1. The molecule has 104 valence electrons. The van der Waals surface area contributed by atoms with E-state index in [2.05, 4.69) is 26.8 Å². The van der Waals surface area contributed by atoms with Crippen molar-refractivity contribution in [3.8, 4) is 0 Å². The maximum Gasteiger partial charge on any atom is 0.232 e. The maximum absolute atomic E-state index is 12.2. The van der Waals surface area contributed by atoms with Gasteiger partial charge < -0.3 is 10.6 Å². The number of benzene rings is 1. The fourth-order valence-electron chi connectivity index (χ4n) is 2.19. The molecular weight excluding hydrogens is 256 g/mol. The largest absolute Gasteiger partial charge is 0.398 e. The molecular formula is C15H22N2OS. The Balaban J connectivity index is 2.01. The van der Waals surface area contributed by atoms with Crippen molar-refractivity contribution in [3.63, 3.8) is 0 Å². The van der Waals surface area contributed by atoms with Crippen LogP contribution < -0.4 is 5.73 Å². The zero-order chi connectivity index (χ0) is 14.0. The van der Waals surface area contributed by atoms with E-state index >= 15 is 0 Å². The van der Waals surface area contributed by atoms with Crippen LogP contribution in [0.1, 0.15) is 31.9 Å². The van der Waals surface area contributed by atoms with Crippen molar-refractivity contribution in [3.05, 3.63) is 29.3 Å².